The van der Waals surface area contributed by atoms with Crippen molar-refractivity contribution in [2.75, 3.05) is 75.2 Å². The molecule has 2 saturated carbocycles. The predicted octanol–water partition coefficient (Wildman–Crippen LogP) is 8.65. The van der Waals surface area contributed by atoms with Gasteiger partial charge in [0.15, 0.2) is 0 Å². The molecule has 0 bridgehead atoms. The summed E-state index contributed by atoms with van der Waals surface area (Å²) >= 11 is 12.7. The molecule has 6 aliphatic rings. The van der Waals surface area contributed by atoms with Gasteiger partial charge in [0.1, 0.15) is 17.6 Å². The van der Waals surface area contributed by atoms with Crippen molar-refractivity contribution in [1.82, 2.24) is 15.1 Å². The number of aliphatic carboxylic acids is 1. The van der Waals surface area contributed by atoms with E-state index in [1.165, 1.54) is 51.4 Å². The first kappa shape index (κ1) is 56.0. The maximum Gasteiger partial charge on any atom is 0.377 e. The zero-order valence-electron chi connectivity index (χ0n) is 42.9. The van der Waals surface area contributed by atoms with Crippen molar-refractivity contribution in [1.29, 1.82) is 0 Å². The molecule has 1 amide bonds. The van der Waals surface area contributed by atoms with E-state index in [0.29, 0.717) is 45.3 Å². The number of aliphatic hydroxyl groups excluding tert-OH is 2. The van der Waals surface area contributed by atoms with Crippen LogP contribution in [-0.4, -0.2) is 138 Å². The lowest BCUT2D eigenvalue weighted by Gasteiger charge is -2.29. The summed E-state index contributed by atoms with van der Waals surface area (Å²) in [4.78, 5) is 56.9. The molecule has 6 fully saturated rings. The number of rotatable bonds is 19. The summed E-state index contributed by atoms with van der Waals surface area (Å²) in [7, 11) is 0. The number of ether oxygens (including phenoxy) is 2. The second kappa shape index (κ2) is 27.2. The number of carboxylic acids is 1. The summed E-state index contributed by atoms with van der Waals surface area (Å²) in [6.07, 6.45) is 14.9. The molecule has 4 atom stereocenters. The fourth-order valence-electron chi connectivity index (χ4n) is 10.1. The molecule has 6 N–H and O–H groups in total. The van der Waals surface area contributed by atoms with E-state index in [4.69, 9.17) is 43.5 Å². The van der Waals surface area contributed by atoms with E-state index in [0.717, 1.165) is 114 Å². The highest BCUT2D eigenvalue weighted by Gasteiger charge is 2.31. The van der Waals surface area contributed by atoms with Gasteiger partial charge in [-0.25, -0.2) is 4.79 Å². The van der Waals surface area contributed by atoms with Crippen LogP contribution in [0.15, 0.2) is 84.9 Å². The Morgan fingerprint density at radius 3 is 1.36 bits per heavy atom. The first-order valence-electron chi connectivity index (χ1n) is 27.1. The summed E-state index contributed by atoms with van der Waals surface area (Å²) in [5, 5.41) is 34.1. The Hall–Kier alpha value is -5.26. The zero-order valence-corrected chi connectivity index (χ0v) is 44.4. The number of ketones is 2. The van der Waals surface area contributed by atoms with Gasteiger partial charge in [0, 0.05) is 67.8 Å². The minimum atomic E-state index is -1.41. The molecule has 17 heteroatoms. The molecule has 15 nitrogen and oxygen atoms in total. The molecule has 0 unspecified atom stereocenters. The number of amides is 1. The maximum atomic E-state index is 13.1. The summed E-state index contributed by atoms with van der Waals surface area (Å²) in [6, 6.07) is 23.8. The Kier molecular flexibility index (Phi) is 20.3. The van der Waals surface area contributed by atoms with E-state index >= 15 is 0 Å². The van der Waals surface area contributed by atoms with Crippen LogP contribution >= 0.6 is 23.2 Å². The van der Waals surface area contributed by atoms with Crippen LogP contribution in [0.5, 0.6) is 11.5 Å². The molecule has 404 valence electrons. The average Bonchev–Trinajstić information content (AvgIpc) is 4.33. The number of piperidine rings is 2. The number of Topliss-reactive ketones (excluding diaryl/α,β-unsaturated/α-hetero) is 2. The monoisotopic (exact) mass is 1070 g/mol. The van der Waals surface area contributed by atoms with E-state index in [-0.39, 0.29) is 17.7 Å². The van der Waals surface area contributed by atoms with E-state index in [1.807, 2.05) is 36.4 Å². The fraction of sp³-hybridized carbons (Fsp3) is 0.517. The number of hydrogen-bond donors (Lipinski definition) is 5. The van der Waals surface area contributed by atoms with Crippen LogP contribution in [0.4, 0.5) is 11.4 Å². The highest BCUT2D eigenvalue weighted by atomic mass is 35.5. The van der Waals surface area contributed by atoms with Crippen molar-refractivity contribution >= 4 is 58.0 Å². The number of aliphatic hydroxyl groups is 2. The second-order valence-electron chi connectivity index (χ2n) is 20.8. The van der Waals surface area contributed by atoms with Gasteiger partial charge < -0.3 is 55.4 Å². The van der Waals surface area contributed by atoms with Gasteiger partial charge >= 0.3 is 5.97 Å². The molecule has 0 spiro atoms. The minimum absolute atomic E-state index is 0.218. The molecule has 4 aromatic carbocycles. The van der Waals surface area contributed by atoms with Crippen molar-refractivity contribution < 1.29 is 44.0 Å². The quantitative estimate of drug-likeness (QED) is 0.0442. The molecule has 75 heavy (non-hydrogen) atoms. The van der Waals surface area contributed by atoms with Crippen LogP contribution < -0.4 is 30.3 Å². The number of carboxylic acid groups (broad SMARTS) is 1. The zero-order chi connectivity index (χ0) is 52.8. The number of nitrogens with one attached hydrogen (secondary N) is 1. The molecule has 0 aromatic heterocycles. The van der Waals surface area contributed by atoms with Crippen LogP contribution in [0.25, 0.3) is 0 Å². The Balaban J connectivity index is 0.000000165. The van der Waals surface area contributed by atoms with Crippen molar-refractivity contribution in [3.63, 3.8) is 0 Å². The number of carbonyl (C=O) groups is 4. The molecular weight excluding hydrogens is 996 g/mol. The Morgan fingerprint density at radius 2 is 0.947 bits per heavy atom. The number of nitrogens with two attached hydrogens (primary N) is 1. The maximum absolute atomic E-state index is 13.1. The Labute approximate surface area is 451 Å². The van der Waals surface area contributed by atoms with Gasteiger partial charge in [-0.2, -0.15) is 0 Å². The first-order valence-corrected chi connectivity index (χ1v) is 27.9. The van der Waals surface area contributed by atoms with E-state index in [1.54, 1.807) is 48.5 Å². The largest absolute Gasteiger partial charge is 0.489 e. The molecule has 10 rings (SSSR count). The molecule has 4 heterocycles. The van der Waals surface area contributed by atoms with Crippen LogP contribution in [-0.2, 0) is 9.59 Å². The number of benzene rings is 4. The van der Waals surface area contributed by atoms with Crippen LogP contribution in [0.2, 0.25) is 10.0 Å². The average molecular weight is 1070 g/mol. The number of anilines is 2. The van der Waals surface area contributed by atoms with Crippen LogP contribution in [0.1, 0.15) is 134 Å². The highest BCUT2D eigenvalue weighted by molar-refractivity contribution is 6.43. The minimum Gasteiger partial charge on any atom is -0.489 e. The number of halogens is 2. The third kappa shape index (κ3) is 16.4. The van der Waals surface area contributed by atoms with Gasteiger partial charge in [0.2, 0.25) is 5.78 Å². The Bertz CT molecular complexity index is 2520. The number of hydrogen-bond acceptors (Lipinski definition) is 13. The summed E-state index contributed by atoms with van der Waals surface area (Å²) in [6.45, 7) is 9.23. The molecule has 0 radical (unpaired) electrons. The summed E-state index contributed by atoms with van der Waals surface area (Å²) in [5.74, 6) is -2.28. The normalized spacial score (nSPS) is 19.6. The molecule has 4 saturated heterocycles. The van der Waals surface area contributed by atoms with Crippen molar-refractivity contribution in [2.24, 2.45) is 5.73 Å². The lowest BCUT2D eigenvalue weighted by atomic mass is 10.0. The van der Waals surface area contributed by atoms with Gasteiger partial charge in [-0.15, -0.1) is 0 Å². The van der Waals surface area contributed by atoms with Gasteiger partial charge in [-0.1, -0.05) is 35.3 Å². The van der Waals surface area contributed by atoms with Gasteiger partial charge in [0.05, 0.1) is 34.4 Å². The topological polar surface area (TPSA) is 198 Å². The third-order valence-corrected chi connectivity index (χ3v) is 15.3. The predicted molar refractivity (Wildman–Crippen MR) is 293 cm³/mol. The molecule has 4 aliphatic heterocycles. The standard InChI is InChI=1S/C29H36ClN3O4.C16H23ClN2O2.C13H15NO3/c30-24-18-21(8-13-26(24)37-23-11-12-23)27(34)25(19-32-14-4-5-15-32)31-29(36)28(35)20-6-9-22(10-7-20)33-16-2-1-3-17-33;17-13-9-11(3-6-15(13)21-12-4-5-12)16(20)14(18)10-19-7-1-2-8-19;15-12(13(16)17)10-4-6-11(7-5-10)14-8-2-1-3-9-14/h6-10,13,18,23,25,27,34H,1-5,11-12,14-17,19H2,(H,31,36);3,6,9,12,14,16,20H,1-2,4-5,7-8,10,18H2;4-7H,1-3,8-9H2,(H,16,17)/t25-,27-;14-,16-;/m11./s1. The van der Waals surface area contributed by atoms with Crippen molar-refractivity contribution in [3.8, 4) is 11.5 Å². The van der Waals surface area contributed by atoms with E-state index in [9.17, 15) is 29.4 Å². The third-order valence-electron chi connectivity index (χ3n) is 14.8. The summed E-state index contributed by atoms with van der Waals surface area (Å²) in [5.41, 5.74) is 10.2. The SMILES string of the molecule is N[C@H](CN1CCCC1)[C@H](O)c1ccc(OC2CC2)c(Cl)c1.O=C(N[C@H](CN1CCCC1)[C@H](O)c1ccc(OC2CC2)c(Cl)c1)C(=O)c1ccc(N2CCCCC2)cc1.O=C(O)C(=O)c1ccc(N2CCCCC2)cc1. The second-order valence-corrected chi connectivity index (χ2v) is 21.6. The van der Waals surface area contributed by atoms with E-state index < -0.39 is 41.7 Å². The number of carbonyl (C=O) groups excluding carboxylic acids is 3. The van der Waals surface area contributed by atoms with Gasteiger partial charge in [-0.05, 0) is 200 Å². The van der Waals surface area contributed by atoms with Crippen molar-refractivity contribution in [3.05, 3.63) is 117 Å². The van der Waals surface area contributed by atoms with Crippen LogP contribution in [0, 0.1) is 0 Å². The molecular formula is C58H74Cl2N6O9. The van der Waals surface area contributed by atoms with E-state index in [2.05, 4.69) is 24.9 Å². The van der Waals surface area contributed by atoms with Crippen LogP contribution in [0.3, 0.4) is 0 Å². The first-order chi connectivity index (χ1) is 36.3. The highest BCUT2D eigenvalue weighted by Crippen LogP contribution is 2.36. The molecule has 4 aromatic rings. The molecule has 2 aliphatic carbocycles. The lowest BCUT2D eigenvalue weighted by molar-refractivity contribution is -0.131. The fourth-order valence-corrected chi connectivity index (χ4v) is 10.5. The number of likely N-dealkylation sites (tertiary alicyclic amines) is 2. The van der Waals surface area contributed by atoms with Gasteiger partial charge in [-0.3, -0.25) is 14.4 Å². The smallest absolute Gasteiger partial charge is 0.377 e. The summed E-state index contributed by atoms with van der Waals surface area (Å²) < 4.78 is 11.5. The number of nitrogens with zero attached hydrogens (tertiary/aromatic N) is 4. The van der Waals surface area contributed by atoms with Crippen molar-refractivity contribution in [2.45, 2.75) is 126 Å². The lowest BCUT2D eigenvalue weighted by Crippen LogP contribution is -2.48. The van der Waals surface area contributed by atoms with Gasteiger partial charge in [0.25, 0.3) is 11.7 Å². The Morgan fingerprint density at radius 1 is 0.547 bits per heavy atom.